The average molecular weight is 619 g/mol. The van der Waals surface area contributed by atoms with Crippen molar-refractivity contribution in [2.45, 2.75) is 49.0 Å². The second-order valence-electron chi connectivity index (χ2n) is 7.92. The summed E-state index contributed by atoms with van der Waals surface area (Å²) in [5.41, 5.74) is 5.12. The minimum Gasteiger partial charge on any atom is -0.790 e. The van der Waals surface area contributed by atoms with Crippen LogP contribution in [0.4, 0.5) is 5.95 Å². The van der Waals surface area contributed by atoms with Gasteiger partial charge in [-0.25, -0.2) is 4.98 Å². The van der Waals surface area contributed by atoms with Crippen molar-refractivity contribution in [2.24, 2.45) is 0 Å². The van der Waals surface area contributed by atoms with Crippen molar-refractivity contribution in [1.82, 2.24) is 19.5 Å². The molecule has 2 aromatic heterocycles. The molecule has 0 bridgehead atoms. The zero-order chi connectivity index (χ0) is 30.6. The summed E-state index contributed by atoms with van der Waals surface area (Å²) in [4.78, 5) is 73.9. The highest BCUT2D eigenvalue weighted by Gasteiger charge is 2.44. The number of anilines is 1. The molecule has 24 heteroatoms. The van der Waals surface area contributed by atoms with Gasteiger partial charge in [-0.3, -0.25) is 14.3 Å². The van der Waals surface area contributed by atoms with Crippen LogP contribution in [-0.2, 0) is 27.7 Å². The summed E-state index contributed by atoms with van der Waals surface area (Å²) in [6.07, 6.45) is -13.2. The number of aliphatic hydroxyl groups is 6. The summed E-state index contributed by atoms with van der Waals surface area (Å²) in [5, 5.41) is 55.7. The Kier molecular flexibility index (Phi) is 11.6. The van der Waals surface area contributed by atoms with Gasteiger partial charge in [-0.2, -0.15) is 4.98 Å². The van der Waals surface area contributed by atoms with Crippen LogP contribution in [0.15, 0.2) is 11.1 Å². The minimum absolute atomic E-state index is 0.0388. The summed E-state index contributed by atoms with van der Waals surface area (Å²) in [7, 11) is -11.6. The highest BCUT2D eigenvalue weighted by atomic mass is 31.2. The van der Waals surface area contributed by atoms with Crippen LogP contribution in [-0.4, -0.2) is 112 Å². The summed E-state index contributed by atoms with van der Waals surface area (Å²) < 4.78 is 34.7. The summed E-state index contributed by atoms with van der Waals surface area (Å²) in [6.45, 7) is -1.60. The SMILES string of the molecule is Nc1nc2c(ncn2[C@@H]2O[C@H](CO)[C@@H](O)[C@H]2O)c(=O)[nH]1.O=C[C@@H](OP(=O)([O-])[O-])[C@@H](OP(=O)([O-])[O-])[C@H](O)[C@H](O)CO. The molecule has 0 aliphatic carbocycles. The third kappa shape index (κ3) is 8.63. The molecule has 1 aliphatic heterocycles. The number of fused-ring (bicyclic) bond motifs is 1. The number of nitrogen functional groups attached to an aromatic ring is 1. The lowest BCUT2D eigenvalue weighted by molar-refractivity contribution is -0.357. The fraction of sp³-hybridized carbons (Fsp3) is 0.625. The van der Waals surface area contributed by atoms with Gasteiger partial charge in [-0.05, 0) is 0 Å². The molecule has 22 nitrogen and oxygen atoms in total. The van der Waals surface area contributed by atoms with Gasteiger partial charge in [-0.1, -0.05) is 0 Å². The van der Waals surface area contributed by atoms with E-state index in [1.54, 1.807) is 0 Å². The van der Waals surface area contributed by atoms with Crippen LogP contribution < -0.4 is 30.9 Å². The molecule has 0 spiro atoms. The van der Waals surface area contributed by atoms with Crippen LogP contribution in [0.5, 0.6) is 0 Å². The third-order valence-electron chi connectivity index (χ3n) is 5.12. The second-order valence-corrected chi connectivity index (χ2v) is 10.1. The van der Waals surface area contributed by atoms with Crippen LogP contribution in [0, 0.1) is 0 Å². The molecule has 0 saturated carbocycles. The number of ether oxygens (including phenoxy) is 1. The smallest absolute Gasteiger partial charge is 0.280 e. The van der Waals surface area contributed by atoms with Crippen LogP contribution >= 0.6 is 15.6 Å². The number of aromatic nitrogens is 4. The van der Waals surface area contributed by atoms with Crippen molar-refractivity contribution in [1.29, 1.82) is 0 Å². The van der Waals surface area contributed by atoms with Gasteiger partial charge in [-0.15, -0.1) is 0 Å². The number of nitrogens with one attached hydrogen (secondary N) is 1. The molecule has 2 aromatic rings. The molecule has 40 heavy (non-hydrogen) atoms. The van der Waals surface area contributed by atoms with E-state index >= 15 is 0 Å². The zero-order valence-electron chi connectivity index (χ0n) is 19.7. The molecular formula is C16H23N5O17P2-4. The van der Waals surface area contributed by atoms with Gasteiger partial charge in [0, 0.05) is 0 Å². The fourth-order valence-corrected chi connectivity index (χ4v) is 4.35. The van der Waals surface area contributed by atoms with Crippen molar-refractivity contribution >= 4 is 39.0 Å². The number of carbonyl (C=O) groups is 1. The molecule has 0 unspecified atom stereocenters. The number of nitrogens with zero attached hydrogens (tertiary/aromatic N) is 3. The lowest BCUT2D eigenvalue weighted by Gasteiger charge is -2.41. The molecule has 9 N–H and O–H groups in total. The van der Waals surface area contributed by atoms with Crippen molar-refractivity contribution in [2.75, 3.05) is 18.9 Å². The fourth-order valence-electron chi connectivity index (χ4n) is 3.34. The summed E-state index contributed by atoms with van der Waals surface area (Å²) in [5.74, 6) is -0.101. The maximum absolute atomic E-state index is 11.7. The molecule has 1 fully saturated rings. The van der Waals surface area contributed by atoms with E-state index < -0.39 is 89.7 Å². The first-order valence-electron chi connectivity index (χ1n) is 10.6. The van der Waals surface area contributed by atoms with Gasteiger partial charge in [0.15, 0.2) is 23.7 Å². The highest BCUT2D eigenvalue weighted by Crippen LogP contribution is 2.35. The number of phosphoric acid groups is 2. The number of nitrogens with two attached hydrogens (primary N) is 1. The summed E-state index contributed by atoms with van der Waals surface area (Å²) in [6, 6.07) is 0. The average Bonchev–Trinajstić information content (AvgIpc) is 3.40. The predicted molar refractivity (Wildman–Crippen MR) is 116 cm³/mol. The molecule has 0 radical (unpaired) electrons. The number of aromatic amines is 1. The normalized spacial score (nSPS) is 24.6. The van der Waals surface area contributed by atoms with Crippen molar-refractivity contribution < 1.29 is 77.9 Å². The Balaban J connectivity index is 0.000000280. The number of H-pyrrole nitrogens is 1. The molecule has 1 saturated heterocycles. The number of imidazole rings is 1. The Hall–Kier alpha value is -2.24. The van der Waals surface area contributed by atoms with E-state index in [4.69, 9.17) is 25.8 Å². The van der Waals surface area contributed by atoms with E-state index in [9.17, 15) is 53.6 Å². The Morgan fingerprint density at radius 3 is 2.23 bits per heavy atom. The highest BCUT2D eigenvalue weighted by molar-refractivity contribution is 7.43. The Morgan fingerprint density at radius 2 is 1.75 bits per heavy atom. The number of aliphatic hydroxyl groups excluding tert-OH is 6. The molecule has 0 aromatic carbocycles. The Labute approximate surface area is 221 Å². The van der Waals surface area contributed by atoms with Gasteiger partial charge < -0.3 is 83.7 Å². The van der Waals surface area contributed by atoms with Gasteiger partial charge in [0.25, 0.3) is 5.56 Å². The van der Waals surface area contributed by atoms with Crippen molar-refractivity contribution in [3.63, 3.8) is 0 Å². The number of aldehydes is 1. The monoisotopic (exact) mass is 619 g/mol. The van der Waals surface area contributed by atoms with Gasteiger partial charge in [0.2, 0.25) is 5.95 Å². The number of carbonyl (C=O) groups excluding carboxylic acids is 1. The van der Waals surface area contributed by atoms with Crippen LogP contribution in [0.2, 0.25) is 0 Å². The Morgan fingerprint density at radius 1 is 1.15 bits per heavy atom. The maximum Gasteiger partial charge on any atom is 0.280 e. The molecule has 228 valence electrons. The molecule has 3 rings (SSSR count). The first-order valence-corrected chi connectivity index (χ1v) is 13.5. The quantitative estimate of drug-likeness (QED) is 0.0854. The largest absolute Gasteiger partial charge is 0.790 e. The lowest BCUT2D eigenvalue weighted by atomic mass is 10.0. The van der Waals surface area contributed by atoms with E-state index in [2.05, 4.69) is 24.0 Å². The van der Waals surface area contributed by atoms with E-state index in [-0.39, 0.29) is 17.1 Å². The van der Waals surface area contributed by atoms with Gasteiger partial charge in [0.1, 0.15) is 42.7 Å². The van der Waals surface area contributed by atoms with Gasteiger partial charge >= 0.3 is 0 Å². The predicted octanol–water partition coefficient (Wildman–Crippen LogP) is -8.36. The molecular weight excluding hydrogens is 596 g/mol. The molecule has 1 aliphatic rings. The Bertz CT molecular complexity index is 1290. The summed E-state index contributed by atoms with van der Waals surface area (Å²) >= 11 is 0. The molecule has 0 amide bonds. The van der Waals surface area contributed by atoms with E-state index in [0.29, 0.717) is 0 Å². The van der Waals surface area contributed by atoms with E-state index in [1.807, 2.05) is 0 Å². The first-order chi connectivity index (χ1) is 18.4. The van der Waals surface area contributed by atoms with Crippen LogP contribution in [0.25, 0.3) is 11.2 Å². The van der Waals surface area contributed by atoms with E-state index in [1.165, 1.54) is 10.9 Å². The van der Waals surface area contributed by atoms with Crippen molar-refractivity contribution in [3.8, 4) is 0 Å². The molecule has 8 atom stereocenters. The number of rotatable bonds is 11. The molecule has 3 heterocycles. The number of hydrogen-bond donors (Lipinski definition) is 8. The minimum atomic E-state index is -5.84. The lowest BCUT2D eigenvalue weighted by Crippen LogP contribution is -2.50. The topological polar surface area (TPSA) is 382 Å². The standard InChI is InChI=1S/C10H13N5O5.C6H14O12P2/c11-10-13-7-4(8(19)14-10)12-2-15(7)9-6(18)5(17)3(1-16)20-9;7-1-3(9)5(10)6(18-20(14,15)16)4(2-8)17-19(11,12)13/h2-3,5-6,9,16-18H,1H2,(H3,11,13,14,19);2-7,9-10H,1H2,(H2,11,12,13)(H2,14,15,16)/p-4/t3-,5-,6-,9-;3-,4-,5-,6-/m11/s1. The zero-order valence-corrected chi connectivity index (χ0v) is 21.5. The van der Waals surface area contributed by atoms with Crippen molar-refractivity contribution in [3.05, 3.63) is 16.7 Å². The second kappa shape index (κ2) is 13.6. The van der Waals surface area contributed by atoms with Crippen LogP contribution in [0.1, 0.15) is 6.23 Å². The van der Waals surface area contributed by atoms with Gasteiger partial charge in [0.05, 0.1) is 35.2 Å². The maximum atomic E-state index is 11.7. The number of hydrogen-bond acceptors (Lipinski definition) is 20. The first kappa shape index (κ1) is 34.0. The van der Waals surface area contributed by atoms with E-state index in [0.717, 1.165) is 0 Å². The van der Waals surface area contributed by atoms with Crippen LogP contribution in [0.3, 0.4) is 0 Å². The third-order valence-corrected chi connectivity index (χ3v) is 6.12. The number of phosphoric ester groups is 2.